The molecule has 2 aromatic heterocycles. The number of H-pyrrole nitrogens is 1. The number of benzene rings is 1. The maximum Gasteiger partial charge on any atom is 0.320 e. The molecule has 9 heteroatoms. The van der Waals surface area contributed by atoms with Crippen molar-refractivity contribution in [3.05, 3.63) is 57.7 Å². The number of imidazole rings is 1. The molecule has 1 fully saturated rings. The summed E-state index contributed by atoms with van der Waals surface area (Å²) in [7, 11) is 0. The van der Waals surface area contributed by atoms with Gasteiger partial charge in [-0.2, -0.15) is 9.37 Å². The number of rotatable bonds is 5. The minimum absolute atomic E-state index is 0.00359. The second-order valence-corrected chi connectivity index (χ2v) is 7.58. The van der Waals surface area contributed by atoms with E-state index in [4.69, 9.17) is 23.2 Å². The number of amides is 2. The number of nitrogens with zero attached hydrogens (tertiary/aromatic N) is 4. The molecule has 28 heavy (non-hydrogen) atoms. The van der Waals surface area contributed by atoms with E-state index in [1.54, 1.807) is 23.1 Å². The Bertz CT molecular complexity index is 1040. The fourth-order valence-electron chi connectivity index (χ4n) is 3.59. The van der Waals surface area contributed by atoms with Crippen molar-refractivity contribution in [1.82, 2.24) is 24.8 Å². The van der Waals surface area contributed by atoms with E-state index in [1.807, 2.05) is 17.9 Å². The molecule has 4 rings (SSSR count). The zero-order valence-electron chi connectivity index (χ0n) is 15.1. The van der Waals surface area contributed by atoms with Crippen LogP contribution in [-0.2, 0) is 13.0 Å². The van der Waals surface area contributed by atoms with E-state index in [2.05, 4.69) is 15.0 Å². The number of urea groups is 1. The topological polar surface area (TPSA) is 65.1 Å². The van der Waals surface area contributed by atoms with Crippen LogP contribution in [0.5, 0.6) is 0 Å². The molecule has 3 aromatic rings. The molecule has 2 amide bonds. The van der Waals surface area contributed by atoms with E-state index >= 15 is 0 Å². The van der Waals surface area contributed by atoms with Gasteiger partial charge in [-0.3, -0.25) is 0 Å². The SMILES string of the molecule is CCN1C(=O)N(Cc2nc3nc(F)ccc3[nH]2)CC1Cc1ccc(Cl)cc1Cl. The summed E-state index contributed by atoms with van der Waals surface area (Å²) in [4.78, 5) is 27.5. The number of carbonyl (C=O) groups excluding carboxylic acids is 1. The highest BCUT2D eigenvalue weighted by molar-refractivity contribution is 6.35. The Labute approximate surface area is 171 Å². The number of aromatic nitrogens is 3. The van der Waals surface area contributed by atoms with Crippen molar-refractivity contribution in [3.8, 4) is 0 Å². The fraction of sp³-hybridized carbons (Fsp3) is 0.316. The Morgan fingerprint density at radius 2 is 2.07 bits per heavy atom. The average molecular weight is 422 g/mol. The number of fused-ring (bicyclic) bond motifs is 1. The Morgan fingerprint density at radius 1 is 1.25 bits per heavy atom. The van der Waals surface area contributed by atoms with Crippen LogP contribution in [0.3, 0.4) is 0 Å². The van der Waals surface area contributed by atoms with Crippen LogP contribution in [0.15, 0.2) is 30.3 Å². The Hall–Kier alpha value is -2.38. The van der Waals surface area contributed by atoms with Gasteiger partial charge >= 0.3 is 6.03 Å². The second kappa shape index (κ2) is 7.56. The van der Waals surface area contributed by atoms with Crippen LogP contribution in [0.1, 0.15) is 18.3 Å². The molecule has 146 valence electrons. The summed E-state index contributed by atoms with van der Waals surface area (Å²) in [5, 5.41) is 1.18. The highest BCUT2D eigenvalue weighted by Gasteiger charge is 2.36. The lowest BCUT2D eigenvalue weighted by Crippen LogP contribution is -2.35. The highest BCUT2D eigenvalue weighted by atomic mass is 35.5. The Kier molecular flexibility index (Phi) is 5.12. The fourth-order valence-corrected chi connectivity index (χ4v) is 4.07. The predicted octanol–water partition coefficient (Wildman–Crippen LogP) is 4.27. The third-order valence-electron chi connectivity index (χ3n) is 4.90. The number of pyridine rings is 1. The van der Waals surface area contributed by atoms with Gasteiger partial charge in [-0.25, -0.2) is 9.78 Å². The summed E-state index contributed by atoms with van der Waals surface area (Å²) < 4.78 is 13.3. The molecule has 1 aliphatic heterocycles. The largest absolute Gasteiger partial charge is 0.339 e. The number of hydrogen-bond donors (Lipinski definition) is 1. The van der Waals surface area contributed by atoms with Crippen LogP contribution in [0.25, 0.3) is 11.2 Å². The minimum atomic E-state index is -0.583. The average Bonchev–Trinajstić information content (AvgIpc) is 3.17. The van der Waals surface area contributed by atoms with Crippen LogP contribution < -0.4 is 0 Å². The van der Waals surface area contributed by atoms with Gasteiger partial charge in [-0.15, -0.1) is 0 Å². The molecule has 1 unspecified atom stereocenters. The van der Waals surface area contributed by atoms with Gasteiger partial charge in [0.25, 0.3) is 0 Å². The zero-order chi connectivity index (χ0) is 19.8. The lowest BCUT2D eigenvalue weighted by atomic mass is 10.1. The second-order valence-electron chi connectivity index (χ2n) is 6.73. The number of nitrogens with one attached hydrogen (secondary N) is 1. The van der Waals surface area contributed by atoms with Crippen LogP contribution in [0.2, 0.25) is 10.0 Å². The van der Waals surface area contributed by atoms with Crippen molar-refractivity contribution >= 4 is 40.4 Å². The number of halogens is 3. The highest BCUT2D eigenvalue weighted by Crippen LogP contribution is 2.26. The predicted molar refractivity (Wildman–Crippen MR) is 106 cm³/mol. The van der Waals surface area contributed by atoms with Crippen LogP contribution in [0, 0.1) is 5.95 Å². The molecule has 6 nitrogen and oxygen atoms in total. The summed E-state index contributed by atoms with van der Waals surface area (Å²) in [6.45, 7) is 3.40. The van der Waals surface area contributed by atoms with Gasteiger partial charge < -0.3 is 14.8 Å². The van der Waals surface area contributed by atoms with Gasteiger partial charge in [0.1, 0.15) is 5.82 Å². The molecular weight excluding hydrogens is 404 g/mol. The van der Waals surface area contributed by atoms with Gasteiger partial charge in [0.15, 0.2) is 5.65 Å². The van der Waals surface area contributed by atoms with Gasteiger partial charge in [0.2, 0.25) is 5.95 Å². The molecular formula is C19H18Cl2FN5O. The molecule has 1 atom stereocenters. The van der Waals surface area contributed by atoms with E-state index in [9.17, 15) is 9.18 Å². The number of likely N-dealkylation sites (N-methyl/N-ethyl adjacent to an activating group) is 1. The molecule has 1 N–H and O–H groups in total. The smallest absolute Gasteiger partial charge is 0.320 e. The van der Waals surface area contributed by atoms with E-state index in [0.717, 1.165) is 5.56 Å². The van der Waals surface area contributed by atoms with Gasteiger partial charge in [-0.1, -0.05) is 29.3 Å². The standard InChI is InChI=1S/C19H18Cl2FN5O/c1-2-27-13(7-11-3-4-12(20)8-14(11)21)9-26(19(27)28)10-17-23-15-5-6-16(22)24-18(15)25-17/h3-6,8,13H,2,7,9-10H2,1H3,(H,23,24,25). The molecule has 1 saturated heterocycles. The maximum absolute atomic E-state index is 13.3. The van der Waals surface area contributed by atoms with Crippen molar-refractivity contribution in [2.75, 3.05) is 13.1 Å². The summed E-state index contributed by atoms with van der Waals surface area (Å²) in [5.41, 5.74) is 1.89. The molecule has 3 heterocycles. The van der Waals surface area contributed by atoms with Crippen molar-refractivity contribution in [1.29, 1.82) is 0 Å². The Balaban J connectivity index is 1.52. The number of hydrogen-bond acceptors (Lipinski definition) is 3. The van der Waals surface area contributed by atoms with E-state index < -0.39 is 5.95 Å². The van der Waals surface area contributed by atoms with Crippen molar-refractivity contribution < 1.29 is 9.18 Å². The summed E-state index contributed by atoms with van der Waals surface area (Å²) in [6, 6.07) is 8.20. The maximum atomic E-state index is 13.3. The van der Waals surface area contributed by atoms with Gasteiger partial charge in [0, 0.05) is 23.1 Å². The molecule has 1 aromatic carbocycles. The molecule has 0 aliphatic carbocycles. The third kappa shape index (κ3) is 3.64. The van der Waals surface area contributed by atoms with Gasteiger partial charge in [-0.05, 0) is 43.2 Å². The molecule has 0 spiro atoms. The number of carbonyl (C=O) groups is 1. The van der Waals surface area contributed by atoms with Crippen LogP contribution >= 0.6 is 23.2 Å². The first kappa shape index (κ1) is 19.0. The summed E-state index contributed by atoms with van der Waals surface area (Å²) >= 11 is 12.3. The molecule has 1 aliphatic rings. The normalized spacial score (nSPS) is 17.1. The van der Waals surface area contributed by atoms with Crippen molar-refractivity contribution in [3.63, 3.8) is 0 Å². The quantitative estimate of drug-likeness (QED) is 0.625. The Morgan fingerprint density at radius 3 is 2.82 bits per heavy atom. The number of aromatic amines is 1. The van der Waals surface area contributed by atoms with E-state index in [1.165, 1.54) is 6.07 Å². The monoisotopic (exact) mass is 421 g/mol. The summed E-state index contributed by atoms with van der Waals surface area (Å²) in [6.07, 6.45) is 0.638. The van der Waals surface area contributed by atoms with Crippen molar-refractivity contribution in [2.24, 2.45) is 0 Å². The zero-order valence-corrected chi connectivity index (χ0v) is 16.6. The van der Waals surface area contributed by atoms with E-state index in [0.29, 0.717) is 53.1 Å². The lowest BCUT2D eigenvalue weighted by molar-refractivity contribution is 0.186. The van der Waals surface area contributed by atoms with E-state index in [-0.39, 0.29) is 12.1 Å². The lowest BCUT2D eigenvalue weighted by Gasteiger charge is -2.21. The van der Waals surface area contributed by atoms with Crippen LogP contribution in [-0.4, -0.2) is 49.9 Å². The first-order valence-electron chi connectivity index (χ1n) is 8.95. The minimum Gasteiger partial charge on any atom is -0.339 e. The summed E-state index contributed by atoms with van der Waals surface area (Å²) in [5.74, 6) is -0.0115. The molecule has 0 radical (unpaired) electrons. The van der Waals surface area contributed by atoms with Crippen molar-refractivity contribution in [2.45, 2.75) is 25.9 Å². The molecule has 0 bridgehead atoms. The molecule has 0 saturated carbocycles. The first-order chi connectivity index (χ1) is 13.4. The third-order valence-corrected chi connectivity index (χ3v) is 5.49. The van der Waals surface area contributed by atoms with Gasteiger partial charge in [0.05, 0.1) is 18.1 Å². The van der Waals surface area contributed by atoms with Crippen LogP contribution in [0.4, 0.5) is 9.18 Å². The first-order valence-corrected chi connectivity index (χ1v) is 9.70.